The molecule has 0 aliphatic heterocycles. The number of hydrogen-bond donors (Lipinski definition) is 0. The Kier molecular flexibility index (Phi) is 4.04. The lowest BCUT2D eigenvalue weighted by Gasteiger charge is -2.06. The second-order valence-corrected chi connectivity index (χ2v) is 3.29. The van der Waals surface area contributed by atoms with Crippen molar-refractivity contribution in [2.75, 3.05) is 6.67 Å². The van der Waals surface area contributed by atoms with Gasteiger partial charge in [-0.3, -0.25) is 9.18 Å². The zero-order chi connectivity index (χ0) is 12.2. The van der Waals surface area contributed by atoms with E-state index in [-0.39, 0.29) is 24.2 Å². The molecule has 0 bridgehead atoms. The minimum atomic E-state index is -4.40. The van der Waals surface area contributed by atoms with Crippen molar-refractivity contribution in [1.82, 2.24) is 0 Å². The average molecular weight is 234 g/mol. The van der Waals surface area contributed by atoms with Crippen LogP contribution >= 0.6 is 0 Å². The Morgan fingerprint density at radius 1 is 1.12 bits per heavy atom. The van der Waals surface area contributed by atoms with Crippen LogP contribution in [-0.4, -0.2) is 12.5 Å². The van der Waals surface area contributed by atoms with Gasteiger partial charge in [0, 0.05) is 12.0 Å². The number of carbonyl (C=O) groups excluding carboxylic acids is 1. The highest BCUT2D eigenvalue weighted by atomic mass is 19.4. The summed E-state index contributed by atoms with van der Waals surface area (Å²) < 4.78 is 48.4. The van der Waals surface area contributed by atoms with E-state index < -0.39 is 18.4 Å². The Morgan fingerprint density at radius 3 is 2.12 bits per heavy atom. The fourth-order valence-electron chi connectivity index (χ4n) is 1.22. The lowest BCUT2D eigenvalue weighted by atomic mass is 10.0. The van der Waals surface area contributed by atoms with Gasteiger partial charge in [0.05, 0.1) is 12.2 Å². The molecule has 1 aromatic rings. The predicted octanol–water partition coefficient (Wildman–Crippen LogP) is 3.64. The van der Waals surface area contributed by atoms with Crippen molar-refractivity contribution in [3.8, 4) is 0 Å². The van der Waals surface area contributed by atoms with Gasteiger partial charge in [-0.15, -0.1) is 0 Å². The monoisotopic (exact) mass is 234 g/mol. The lowest BCUT2D eigenvalue weighted by molar-refractivity contribution is -0.137. The normalized spacial score (nSPS) is 11.5. The van der Waals surface area contributed by atoms with E-state index in [2.05, 4.69) is 0 Å². The van der Waals surface area contributed by atoms with Gasteiger partial charge in [0.15, 0.2) is 5.78 Å². The third kappa shape index (κ3) is 3.32. The zero-order valence-corrected chi connectivity index (χ0v) is 8.35. The van der Waals surface area contributed by atoms with Crippen LogP contribution in [0, 0.1) is 0 Å². The molecule has 0 heterocycles. The van der Waals surface area contributed by atoms with Crippen molar-refractivity contribution in [3.63, 3.8) is 0 Å². The highest BCUT2D eigenvalue weighted by Gasteiger charge is 2.30. The molecule has 0 atom stereocenters. The number of hydrogen-bond acceptors (Lipinski definition) is 1. The van der Waals surface area contributed by atoms with Crippen molar-refractivity contribution in [1.29, 1.82) is 0 Å². The molecule has 1 nitrogen and oxygen atoms in total. The molecular weight excluding hydrogens is 224 g/mol. The first-order chi connectivity index (χ1) is 7.45. The van der Waals surface area contributed by atoms with E-state index in [1.54, 1.807) is 0 Å². The number of alkyl halides is 4. The molecule has 0 fully saturated rings. The van der Waals surface area contributed by atoms with Crippen molar-refractivity contribution in [2.24, 2.45) is 0 Å². The van der Waals surface area contributed by atoms with Gasteiger partial charge in [-0.05, 0) is 18.6 Å². The van der Waals surface area contributed by atoms with Crippen LogP contribution in [0.25, 0.3) is 0 Å². The maximum Gasteiger partial charge on any atom is 0.416 e. The van der Waals surface area contributed by atoms with Crippen molar-refractivity contribution in [2.45, 2.75) is 19.0 Å². The summed E-state index contributed by atoms with van der Waals surface area (Å²) in [4.78, 5) is 11.3. The van der Waals surface area contributed by atoms with Crippen LogP contribution in [0.15, 0.2) is 24.3 Å². The molecular formula is C11H10F4O. The summed E-state index contributed by atoms with van der Waals surface area (Å²) in [5.74, 6) is -0.341. The van der Waals surface area contributed by atoms with Crippen molar-refractivity contribution < 1.29 is 22.4 Å². The quantitative estimate of drug-likeness (QED) is 0.574. The Morgan fingerprint density at radius 2 is 1.69 bits per heavy atom. The van der Waals surface area contributed by atoms with E-state index in [9.17, 15) is 22.4 Å². The van der Waals surface area contributed by atoms with Gasteiger partial charge in [-0.25, -0.2) is 0 Å². The van der Waals surface area contributed by atoms with Gasteiger partial charge >= 0.3 is 6.18 Å². The van der Waals surface area contributed by atoms with E-state index in [4.69, 9.17) is 0 Å². The summed E-state index contributed by atoms with van der Waals surface area (Å²) in [6, 6.07) is 3.93. The zero-order valence-electron chi connectivity index (χ0n) is 8.35. The SMILES string of the molecule is O=C(CCCF)c1ccc(C(F)(F)F)cc1. The molecule has 1 aromatic carbocycles. The summed E-state index contributed by atoms with van der Waals surface area (Å²) in [6.45, 7) is -0.605. The number of rotatable bonds is 4. The van der Waals surface area contributed by atoms with Crippen LogP contribution in [0.4, 0.5) is 17.6 Å². The third-order valence-corrected chi connectivity index (χ3v) is 2.07. The summed E-state index contributed by atoms with van der Waals surface area (Å²) in [6.07, 6.45) is -4.29. The van der Waals surface area contributed by atoms with E-state index in [1.165, 1.54) is 0 Å². The first-order valence-corrected chi connectivity index (χ1v) is 4.71. The van der Waals surface area contributed by atoms with Crippen molar-refractivity contribution >= 4 is 5.78 Å². The fraction of sp³-hybridized carbons (Fsp3) is 0.364. The molecule has 0 radical (unpaired) electrons. The first-order valence-electron chi connectivity index (χ1n) is 4.71. The molecule has 1 rings (SSSR count). The highest BCUT2D eigenvalue weighted by Crippen LogP contribution is 2.29. The molecule has 0 N–H and O–H groups in total. The molecule has 0 amide bonds. The molecule has 16 heavy (non-hydrogen) atoms. The van der Waals surface area contributed by atoms with Crippen LogP contribution in [0.3, 0.4) is 0 Å². The van der Waals surface area contributed by atoms with Crippen molar-refractivity contribution in [3.05, 3.63) is 35.4 Å². The predicted molar refractivity (Wildman–Crippen MR) is 51.0 cm³/mol. The van der Waals surface area contributed by atoms with Crippen LogP contribution in [-0.2, 0) is 6.18 Å². The van der Waals surface area contributed by atoms with E-state index >= 15 is 0 Å². The van der Waals surface area contributed by atoms with Crippen LogP contribution in [0.5, 0.6) is 0 Å². The number of halogens is 4. The Balaban J connectivity index is 2.75. The highest BCUT2D eigenvalue weighted by molar-refractivity contribution is 5.96. The van der Waals surface area contributed by atoms with E-state index in [0.717, 1.165) is 24.3 Å². The van der Waals surface area contributed by atoms with Gasteiger partial charge in [0.1, 0.15) is 0 Å². The third-order valence-electron chi connectivity index (χ3n) is 2.07. The second kappa shape index (κ2) is 5.09. The van der Waals surface area contributed by atoms with Gasteiger partial charge in [0.2, 0.25) is 0 Å². The number of benzene rings is 1. The standard InChI is InChI=1S/C11H10F4O/c12-7-1-2-10(16)8-3-5-9(6-4-8)11(13,14)15/h3-6H,1-2,7H2. The summed E-state index contributed by atoms with van der Waals surface area (Å²) >= 11 is 0. The average Bonchev–Trinajstić information content (AvgIpc) is 2.25. The van der Waals surface area contributed by atoms with Gasteiger partial charge in [-0.1, -0.05) is 12.1 Å². The maximum absolute atomic E-state index is 12.2. The van der Waals surface area contributed by atoms with E-state index in [1.807, 2.05) is 0 Å². The lowest BCUT2D eigenvalue weighted by Crippen LogP contribution is -2.06. The molecule has 88 valence electrons. The number of Topliss-reactive ketones (excluding diaryl/α,β-unsaturated/α-hetero) is 1. The molecule has 0 saturated carbocycles. The minimum absolute atomic E-state index is 0.0157. The van der Waals surface area contributed by atoms with Crippen LogP contribution in [0.1, 0.15) is 28.8 Å². The molecule has 5 heteroatoms. The fourth-order valence-corrected chi connectivity index (χ4v) is 1.22. The molecule has 0 saturated heterocycles. The van der Waals surface area contributed by atoms with Gasteiger partial charge in [0.25, 0.3) is 0 Å². The smallest absolute Gasteiger partial charge is 0.294 e. The topological polar surface area (TPSA) is 17.1 Å². The summed E-state index contributed by atoms with van der Waals surface area (Å²) in [7, 11) is 0. The van der Waals surface area contributed by atoms with E-state index in [0.29, 0.717) is 0 Å². The maximum atomic E-state index is 12.2. The summed E-state index contributed by atoms with van der Waals surface area (Å²) in [5.41, 5.74) is -0.615. The molecule has 0 aromatic heterocycles. The largest absolute Gasteiger partial charge is 0.416 e. The first kappa shape index (κ1) is 12.7. The molecule has 0 aliphatic rings. The summed E-state index contributed by atoms with van der Waals surface area (Å²) in [5, 5.41) is 0. The second-order valence-electron chi connectivity index (χ2n) is 3.29. The Labute approximate surface area is 90.1 Å². The van der Waals surface area contributed by atoms with Crippen LogP contribution in [0.2, 0.25) is 0 Å². The van der Waals surface area contributed by atoms with Gasteiger partial charge in [-0.2, -0.15) is 13.2 Å². The number of carbonyl (C=O) groups is 1. The number of ketones is 1. The Hall–Kier alpha value is -1.39. The molecule has 0 spiro atoms. The molecule has 0 aliphatic carbocycles. The Bertz CT molecular complexity index is 353. The molecule has 0 unspecified atom stereocenters. The van der Waals surface area contributed by atoms with Gasteiger partial charge < -0.3 is 0 Å². The minimum Gasteiger partial charge on any atom is -0.294 e. The van der Waals surface area contributed by atoms with Crippen LogP contribution < -0.4 is 0 Å².